The number of nitrogens with zero attached hydrogens (tertiary/aromatic N) is 17. The molecule has 21 nitrogen and oxygen atoms in total. The van der Waals surface area contributed by atoms with Crippen LogP contribution in [0.1, 0.15) is 167 Å². The van der Waals surface area contributed by atoms with Crippen LogP contribution in [0.25, 0.3) is 44.5 Å². The number of aryl methyl sites for hydroxylation is 4. The van der Waals surface area contributed by atoms with E-state index in [1.54, 1.807) is 85.9 Å². The second kappa shape index (κ2) is 39.3. The highest BCUT2D eigenvalue weighted by atomic mass is 32.2. The number of thioether (sulfide) groups is 1. The first-order valence-corrected chi connectivity index (χ1v) is 51.7. The molecule has 140 heavy (non-hydrogen) atoms. The summed E-state index contributed by atoms with van der Waals surface area (Å²) in [5.41, 5.74) is 13.4. The molecule has 0 bridgehead atoms. The van der Waals surface area contributed by atoms with Crippen LogP contribution < -0.4 is 19.6 Å². The number of fused-ring (bicyclic) bond motifs is 8. The van der Waals surface area contributed by atoms with Crippen molar-refractivity contribution in [2.24, 2.45) is 34.1 Å². The zero-order chi connectivity index (χ0) is 96.5. The quantitative estimate of drug-likeness (QED) is 0.0838. The minimum Gasteiger partial charge on any atom is -0.307 e. The average molecular weight is 1910 g/mol. The van der Waals surface area contributed by atoms with Gasteiger partial charge in [0.15, 0.2) is 0 Å². The summed E-state index contributed by atoms with van der Waals surface area (Å²) in [5, 5.41) is 16.6. The molecule has 0 radical (unpaired) electrons. The summed E-state index contributed by atoms with van der Waals surface area (Å²) in [6.07, 6.45) is 33.9. The molecule has 728 valence electrons. The van der Waals surface area contributed by atoms with E-state index in [2.05, 4.69) is 88.8 Å². The van der Waals surface area contributed by atoms with Gasteiger partial charge in [0.1, 0.15) is 29.1 Å². The fraction of sp³-hybridized carbons (Fsp3) is 0.434. The molecule has 8 aromatic carbocycles. The zero-order valence-electron chi connectivity index (χ0n) is 81.2. The first-order chi connectivity index (χ1) is 67.9. The number of piperidine rings is 3. The molecule has 12 aromatic rings. The maximum absolute atomic E-state index is 15.2. The Balaban J connectivity index is 0.000000111. The van der Waals surface area contributed by atoms with Crippen LogP contribution in [0.2, 0.25) is 0 Å². The normalized spacial score (nSPS) is 23.5. The van der Waals surface area contributed by atoms with Gasteiger partial charge in [0.25, 0.3) is 0 Å². The van der Waals surface area contributed by atoms with Crippen molar-refractivity contribution in [3.63, 3.8) is 0 Å². The SMILES string of the molecule is CC1CCC(N2CCC3(C2)C(=O)N(Cc2ccc(-c4cnn(C)c4)cc2F)c2ccccc23)CC1.CN1CCCC(N2CCC3(CC2)C(=O)N(Cc2ccc(-c4cnn(C)c4)cc2F)c2ccccc23)C1.Cn1cc(-c2cc(F)c(CN3C(=O)C4(CCN(C5CCCC5)C4)c4ccccc43)c(F)c2)cn1.Cn1cc(-c2ccc(CN3C(=O)C4(CCN(C5CCCSC5)CC4)c4ccccc43)c(F)c2)cn1. The van der Waals surface area contributed by atoms with Gasteiger partial charge in [-0.15, -0.1) is 0 Å². The lowest BCUT2D eigenvalue weighted by Crippen LogP contribution is -2.54. The molecule has 4 spiro atoms. The molecule has 6 saturated heterocycles. The Bertz CT molecular complexity index is 6590. The molecule has 2 aliphatic carbocycles. The van der Waals surface area contributed by atoms with E-state index in [9.17, 15) is 19.2 Å². The molecule has 12 aliphatic rings. The molecule has 0 N–H and O–H groups in total. The number of amides is 4. The number of hydrogen-bond donors (Lipinski definition) is 0. The number of likely N-dealkylation sites (tertiary alicyclic amines) is 5. The Morgan fingerprint density at radius 2 is 0.657 bits per heavy atom. The lowest BCUT2D eigenvalue weighted by atomic mass is 9.73. The van der Waals surface area contributed by atoms with Crippen molar-refractivity contribution in [1.29, 1.82) is 0 Å². The topological polar surface area (TPSA) is 169 Å². The van der Waals surface area contributed by atoms with E-state index < -0.39 is 33.3 Å². The summed E-state index contributed by atoms with van der Waals surface area (Å²) in [6.45, 7) is 12.3. The maximum Gasteiger partial charge on any atom is 0.239 e. The van der Waals surface area contributed by atoms with E-state index in [4.69, 9.17) is 0 Å². The van der Waals surface area contributed by atoms with Crippen molar-refractivity contribution in [2.75, 3.05) is 104 Å². The standard InChI is InChI=1S/C29H34FN5O.C29H33FN4O.C28H31FN4OS.C27H28F2N4O/c1-32-13-5-6-24(20-32)34-14-11-29(12-15-34)25-7-3-4-8-27(25)35(28(29)36)19-22-10-9-21(16-26(22)30)23-17-31-33(2)18-23;1-20-7-11-24(12-8-20)33-14-13-29(19-33)25-5-3-4-6-27(25)34(28(29)35)18-22-10-9-21(15-26(22)30)23-16-31-32(2)17-23;1-31-17-22(16-30-31)20-8-9-21(25(29)15-20)18-33-26-7-3-2-6-24(26)28(27(33)34)10-12-32(13-11-28)23-5-4-14-35-19-23;1-31-15-19(14-30-31)18-12-23(28)21(24(29)13-18)16-33-25-9-5-4-8-22(25)27(26(33)34)10-11-32(17-27)20-6-2-3-7-20/h3-4,7-10,16-18,24H,5-6,11-15,19-20H2,1-2H3;3-6,9-10,15-17,20,24H,7-8,11-14,18-19H2,1-2H3;2-3,6-9,15-17,23H,4-5,10-14,18-19H2,1H3;4-5,8-9,12-15,20H,2-3,6-7,10-11,16-17H2,1H3. The second-order valence-electron chi connectivity index (χ2n) is 41.7. The van der Waals surface area contributed by atoms with Crippen molar-refractivity contribution >= 4 is 58.1 Å². The number of likely N-dealkylation sites (N-methyl/N-ethyl adjacent to an activating group) is 1. The van der Waals surface area contributed by atoms with Gasteiger partial charge in [-0.3, -0.25) is 57.5 Å². The van der Waals surface area contributed by atoms with Crippen LogP contribution in [-0.2, 0) is 95.2 Å². The lowest BCUT2D eigenvalue weighted by Gasteiger charge is -2.44. The molecule has 10 aliphatic heterocycles. The largest absolute Gasteiger partial charge is 0.307 e. The molecular formula is C113H126F5N17O4S. The number of benzene rings is 8. The Morgan fingerprint density at radius 1 is 0.329 bits per heavy atom. The molecule has 27 heteroatoms. The van der Waals surface area contributed by atoms with E-state index in [-0.39, 0.29) is 72.8 Å². The predicted octanol–water partition coefficient (Wildman–Crippen LogP) is 19.3. The molecule has 24 rings (SSSR count). The molecule has 8 fully saturated rings. The van der Waals surface area contributed by atoms with Gasteiger partial charge in [-0.25, -0.2) is 22.0 Å². The first-order valence-electron chi connectivity index (χ1n) is 50.6. The fourth-order valence-electron chi connectivity index (χ4n) is 25.4. The van der Waals surface area contributed by atoms with Crippen LogP contribution in [0.4, 0.5) is 44.7 Å². The summed E-state index contributed by atoms with van der Waals surface area (Å²) in [5.74, 6) is 1.47. The Morgan fingerprint density at radius 3 is 1.03 bits per heavy atom. The Labute approximate surface area is 821 Å². The van der Waals surface area contributed by atoms with Gasteiger partial charge in [0.2, 0.25) is 23.6 Å². The highest BCUT2D eigenvalue weighted by molar-refractivity contribution is 7.99. The molecule has 4 unspecified atom stereocenters. The third kappa shape index (κ3) is 18.0. The van der Waals surface area contributed by atoms with Gasteiger partial charge in [0, 0.05) is 170 Å². The highest BCUT2D eigenvalue weighted by Gasteiger charge is 2.59. The van der Waals surface area contributed by atoms with E-state index in [1.165, 1.54) is 107 Å². The van der Waals surface area contributed by atoms with Gasteiger partial charge >= 0.3 is 0 Å². The third-order valence-electron chi connectivity index (χ3n) is 33.2. The van der Waals surface area contributed by atoms with Crippen LogP contribution in [0.5, 0.6) is 0 Å². The molecule has 4 amide bonds. The van der Waals surface area contributed by atoms with E-state index in [0.717, 1.165) is 175 Å². The summed E-state index contributed by atoms with van der Waals surface area (Å²) in [4.78, 5) is 75.7. The minimum atomic E-state index is -0.649. The number of carbonyl (C=O) groups is 4. The van der Waals surface area contributed by atoms with E-state index >= 15 is 22.0 Å². The average Bonchev–Trinajstić information content (AvgIpc) is 1.47. The van der Waals surface area contributed by atoms with Crippen LogP contribution in [0.15, 0.2) is 213 Å². The second-order valence-corrected chi connectivity index (χ2v) is 42.9. The summed E-state index contributed by atoms with van der Waals surface area (Å²) in [6, 6.07) is 53.0. The number of carbonyl (C=O) groups excluding carboxylic acids is 4. The van der Waals surface area contributed by atoms with E-state index in [0.29, 0.717) is 58.5 Å². The van der Waals surface area contributed by atoms with Crippen molar-refractivity contribution in [2.45, 2.75) is 195 Å². The van der Waals surface area contributed by atoms with Crippen molar-refractivity contribution < 1.29 is 41.1 Å². The van der Waals surface area contributed by atoms with Gasteiger partial charge in [0.05, 0.1) is 72.6 Å². The Hall–Kier alpha value is -11.7. The third-order valence-corrected chi connectivity index (χ3v) is 34.4. The predicted molar refractivity (Wildman–Crippen MR) is 540 cm³/mol. The first kappa shape index (κ1) is 94.5. The van der Waals surface area contributed by atoms with E-state index in [1.807, 2.05) is 164 Å². The zero-order valence-corrected chi connectivity index (χ0v) is 82.0. The molecule has 14 heterocycles. The van der Waals surface area contributed by atoms with Gasteiger partial charge in [-0.2, -0.15) is 32.2 Å². The van der Waals surface area contributed by atoms with Gasteiger partial charge < -0.3 is 24.5 Å². The van der Waals surface area contributed by atoms with Gasteiger partial charge in [-0.05, 0) is 266 Å². The van der Waals surface area contributed by atoms with Crippen LogP contribution in [0.3, 0.4) is 0 Å². The monoisotopic (exact) mass is 1910 g/mol. The number of rotatable bonds is 16. The van der Waals surface area contributed by atoms with Crippen LogP contribution in [0, 0.1) is 35.0 Å². The van der Waals surface area contributed by atoms with Crippen LogP contribution >= 0.6 is 11.8 Å². The summed E-state index contributed by atoms with van der Waals surface area (Å²) < 4.78 is 82.8. The molecule has 4 atom stereocenters. The smallest absolute Gasteiger partial charge is 0.239 e. The maximum atomic E-state index is 15.2. The van der Waals surface area contributed by atoms with Crippen molar-refractivity contribution in [3.05, 3.63) is 287 Å². The summed E-state index contributed by atoms with van der Waals surface area (Å²) in [7, 11) is 9.50. The number of anilines is 4. The van der Waals surface area contributed by atoms with Crippen LogP contribution in [-0.4, -0.2) is 195 Å². The minimum absolute atomic E-state index is 0.0377. The number of halogens is 5. The molecular weight excluding hydrogens is 1790 g/mol. The summed E-state index contributed by atoms with van der Waals surface area (Å²) >= 11 is 2.06. The van der Waals surface area contributed by atoms with Crippen molar-refractivity contribution in [3.8, 4) is 44.5 Å². The lowest BCUT2D eigenvalue weighted by molar-refractivity contribution is -0.126. The van der Waals surface area contributed by atoms with Gasteiger partial charge in [-0.1, -0.05) is 129 Å². The molecule has 2 saturated carbocycles. The Kier molecular flexibility index (Phi) is 26.5. The number of hydrogen-bond acceptors (Lipinski definition) is 14. The number of para-hydroxylation sites is 4. The van der Waals surface area contributed by atoms with Crippen molar-refractivity contribution in [1.82, 2.24) is 63.6 Å². The fourth-order valence-corrected chi connectivity index (χ4v) is 26.6. The molecule has 4 aromatic heterocycles. The number of aromatic nitrogens is 8. The highest BCUT2D eigenvalue weighted by Crippen LogP contribution is 2.55.